The topological polar surface area (TPSA) is 79.0 Å². The van der Waals surface area contributed by atoms with E-state index in [1.54, 1.807) is 48.5 Å². The normalized spacial score (nSPS) is 12.8. The molecule has 0 radical (unpaired) electrons. The number of amides is 1. The first kappa shape index (κ1) is 25.6. The van der Waals surface area contributed by atoms with Crippen LogP contribution >= 0.6 is 0 Å². The lowest BCUT2D eigenvalue weighted by atomic mass is 10.2. The largest absolute Gasteiger partial charge is 0.494 e. The minimum Gasteiger partial charge on any atom is -0.494 e. The van der Waals surface area contributed by atoms with Crippen molar-refractivity contribution in [2.45, 2.75) is 31.6 Å². The van der Waals surface area contributed by atoms with Crippen molar-refractivity contribution in [1.29, 1.82) is 0 Å². The van der Waals surface area contributed by atoms with E-state index in [0.717, 1.165) is 35.8 Å². The predicted octanol–water partition coefficient (Wildman–Crippen LogP) is 4.16. The number of ether oxygens (including phenoxy) is 1. The summed E-state index contributed by atoms with van der Waals surface area (Å²) in [7, 11) is -3.94. The second-order valence-corrected chi connectivity index (χ2v) is 10.7. The third-order valence-corrected chi connectivity index (χ3v) is 8.03. The van der Waals surface area contributed by atoms with Crippen LogP contribution in [0.15, 0.2) is 77.7 Å². The Bertz CT molecular complexity index is 1270. The van der Waals surface area contributed by atoms with Crippen LogP contribution in [0.2, 0.25) is 0 Å². The number of hydrogen-bond acceptors (Lipinski definition) is 5. The number of benzene rings is 3. The highest BCUT2D eigenvalue weighted by atomic mass is 32.2. The van der Waals surface area contributed by atoms with E-state index in [4.69, 9.17) is 4.74 Å². The lowest BCUT2D eigenvalue weighted by Gasteiger charge is -2.24. The van der Waals surface area contributed by atoms with Gasteiger partial charge in [-0.3, -0.25) is 9.10 Å². The number of carbonyl (C=O) groups is 1. The molecular formula is C28H33N3O4S. The molecule has 0 spiro atoms. The van der Waals surface area contributed by atoms with Gasteiger partial charge in [0.25, 0.3) is 10.0 Å². The monoisotopic (exact) mass is 507 g/mol. The van der Waals surface area contributed by atoms with E-state index >= 15 is 0 Å². The molecule has 0 aromatic heterocycles. The Balaban J connectivity index is 1.42. The lowest BCUT2D eigenvalue weighted by Crippen LogP contribution is -2.41. The van der Waals surface area contributed by atoms with Gasteiger partial charge in [0.2, 0.25) is 5.91 Å². The number of nitrogens with zero attached hydrogens (tertiary/aromatic N) is 2. The van der Waals surface area contributed by atoms with E-state index in [1.165, 1.54) is 11.3 Å². The molecule has 4 rings (SSSR count). The van der Waals surface area contributed by atoms with E-state index in [0.29, 0.717) is 24.6 Å². The number of rotatable bonds is 11. The molecular weight excluding hydrogens is 474 g/mol. The van der Waals surface area contributed by atoms with Gasteiger partial charge in [0.15, 0.2) is 0 Å². The maximum Gasteiger partial charge on any atom is 0.264 e. The van der Waals surface area contributed by atoms with Gasteiger partial charge in [-0.2, -0.15) is 0 Å². The molecule has 36 heavy (non-hydrogen) atoms. The molecule has 0 fully saturated rings. The first-order valence-electron chi connectivity index (χ1n) is 12.3. The van der Waals surface area contributed by atoms with Crippen LogP contribution in [-0.2, 0) is 21.2 Å². The fourth-order valence-corrected chi connectivity index (χ4v) is 5.77. The first-order chi connectivity index (χ1) is 17.4. The van der Waals surface area contributed by atoms with Crippen LogP contribution in [0.3, 0.4) is 0 Å². The van der Waals surface area contributed by atoms with Crippen molar-refractivity contribution >= 4 is 27.3 Å². The highest BCUT2D eigenvalue weighted by Gasteiger charge is 2.27. The summed E-state index contributed by atoms with van der Waals surface area (Å²) in [5, 5.41) is 2.90. The van der Waals surface area contributed by atoms with Crippen molar-refractivity contribution in [3.8, 4) is 5.75 Å². The van der Waals surface area contributed by atoms with E-state index in [1.807, 2.05) is 19.9 Å². The molecule has 3 aromatic rings. The second kappa shape index (κ2) is 11.5. The minimum absolute atomic E-state index is 0.141. The van der Waals surface area contributed by atoms with E-state index in [2.05, 4.69) is 28.4 Å². The summed E-state index contributed by atoms with van der Waals surface area (Å²) < 4.78 is 33.7. The standard InChI is InChI=1S/C28H33N3O4S/c1-3-35-25-13-11-24(12-14-25)31(36(33,34)26-15-9-22(2)10-16-26)21-28(32)29-18-6-19-30-20-17-23-7-4-5-8-27(23)30/h4-5,7-16H,3,6,17-21H2,1-2H3,(H,29,32). The highest BCUT2D eigenvalue weighted by molar-refractivity contribution is 7.92. The van der Waals surface area contributed by atoms with Crippen LogP contribution in [0.25, 0.3) is 0 Å². The number of aryl methyl sites for hydroxylation is 1. The number of fused-ring (bicyclic) bond motifs is 1. The minimum atomic E-state index is -3.94. The molecule has 0 atom stereocenters. The van der Waals surface area contributed by atoms with Crippen molar-refractivity contribution in [2.75, 3.05) is 42.0 Å². The van der Waals surface area contributed by atoms with Crippen molar-refractivity contribution in [2.24, 2.45) is 0 Å². The molecule has 3 aromatic carbocycles. The SMILES string of the molecule is CCOc1ccc(N(CC(=O)NCCCN2CCc3ccccc32)S(=O)(=O)c2ccc(C)cc2)cc1. The molecule has 0 bridgehead atoms. The van der Waals surface area contributed by atoms with Gasteiger partial charge in [-0.1, -0.05) is 35.9 Å². The van der Waals surface area contributed by atoms with Crippen molar-refractivity contribution in [3.63, 3.8) is 0 Å². The molecule has 7 nitrogen and oxygen atoms in total. The van der Waals surface area contributed by atoms with Crippen molar-refractivity contribution < 1.29 is 17.9 Å². The molecule has 1 aliphatic rings. The fraction of sp³-hybridized carbons (Fsp3) is 0.321. The van der Waals surface area contributed by atoms with Crippen LogP contribution in [0.1, 0.15) is 24.5 Å². The smallest absolute Gasteiger partial charge is 0.264 e. The van der Waals surface area contributed by atoms with Crippen molar-refractivity contribution in [1.82, 2.24) is 5.32 Å². The quantitative estimate of drug-likeness (QED) is 0.395. The predicted molar refractivity (Wildman–Crippen MR) is 143 cm³/mol. The molecule has 0 aliphatic carbocycles. The van der Waals surface area contributed by atoms with Crippen LogP contribution in [0.5, 0.6) is 5.75 Å². The zero-order chi connectivity index (χ0) is 25.5. The zero-order valence-corrected chi connectivity index (χ0v) is 21.6. The molecule has 1 heterocycles. The molecule has 190 valence electrons. The molecule has 0 saturated heterocycles. The van der Waals surface area contributed by atoms with Gasteiger partial charge >= 0.3 is 0 Å². The van der Waals surface area contributed by atoms with Crippen LogP contribution < -0.4 is 19.3 Å². The summed E-state index contributed by atoms with van der Waals surface area (Å²) in [6.45, 7) is 6.27. The van der Waals surface area contributed by atoms with E-state index in [-0.39, 0.29) is 17.3 Å². The Morgan fingerprint density at radius 3 is 2.47 bits per heavy atom. The van der Waals surface area contributed by atoms with Crippen LogP contribution in [0.4, 0.5) is 11.4 Å². The average Bonchev–Trinajstić information content (AvgIpc) is 3.29. The van der Waals surface area contributed by atoms with Gasteiger partial charge in [0, 0.05) is 25.3 Å². The number of hydrogen-bond donors (Lipinski definition) is 1. The summed E-state index contributed by atoms with van der Waals surface area (Å²) in [4.78, 5) is 15.3. The third-order valence-electron chi connectivity index (χ3n) is 6.24. The number of anilines is 2. The van der Waals surface area contributed by atoms with Gasteiger partial charge in [0.1, 0.15) is 12.3 Å². The number of carbonyl (C=O) groups excluding carboxylic acids is 1. The molecule has 8 heteroatoms. The number of para-hydroxylation sites is 1. The fourth-order valence-electron chi connectivity index (χ4n) is 4.35. The molecule has 1 amide bonds. The van der Waals surface area contributed by atoms with Crippen LogP contribution in [-0.4, -0.2) is 47.1 Å². The Morgan fingerprint density at radius 2 is 1.75 bits per heavy atom. The number of nitrogens with one attached hydrogen (secondary N) is 1. The highest BCUT2D eigenvalue weighted by Crippen LogP contribution is 2.28. The van der Waals surface area contributed by atoms with Crippen molar-refractivity contribution in [3.05, 3.63) is 83.9 Å². The van der Waals surface area contributed by atoms with Gasteiger partial charge in [-0.05, 0) is 74.7 Å². The van der Waals surface area contributed by atoms with E-state index in [9.17, 15) is 13.2 Å². The maximum absolute atomic E-state index is 13.5. The molecule has 1 N–H and O–H groups in total. The summed E-state index contributed by atoms with van der Waals surface area (Å²) in [5.74, 6) is 0.295. The summed E-state index contributed by atoms with van der Waals surface area (Å²) >= 11 is 0. The maximum atomic E-state index is 13.5. The number of sulfonamides is 1. The zero-order valence-electron chi connectivity index (χ0n) is 20.8. The van der Waals surface area contributed by atoms with Gasteiger partial charge < -0.3 is 15.0 Å². The Labute approximate surface area is 213 Å². The van der Waals surface area contributed by atoms with Gasteiger partial charge in [0.05, 0.1) is 17.2 Å². The van der Waals surface area contributed by atoms with Gasteiger partial charge in [-0.25, -0.2) is 8.42 Å². The van der Waals surface area contributed by atoms with E-state index < -0.39 is 10.0 Å². The van der Waals surface area contributed by atoms with Gasteiger partial charge in [-0.15, -0.1) is 0 Å². The summed E-state index contributed by atoms with van der Waals surface area (Å²) in [6, 6.07) is 21.8. The average molecular weight is 508 g/mol. The summed E-state index contributed by atoms with van der Waals surface area (Å²) in [6.07, 6.45) is 1.81. The Morgan fingerprint density at radius 1 is 1.03 bits per heavy atom. The molecule has 0 saturated carbocycles. The Hall–Kier alpha value is -3.52. The second-order valence-electron chi connectivity index (χ2n) is 8.82. The first-order valence-corrected chi connectivity index (χ1v) is 13.7. The van der Waals surface area contributed by atoms with Crippen LogP contribution in [0, 0.1) is 6.92 Å². The molecule has 0 unspecified atom stereocenters. The molecule has 1 aliphatic heterocycles. The summed E-state index contributed by atoms with van der Waals surface area (Å²) in [5.41, 5.74) is 3.98. The lowest BCUT2D eigenvalue weighted by molar-refractivity contribution is -0.119. The Kier molecular flexibility index (Phi) is 8.15. The third kappa shape index (κ3) is 5.99.